The van der Waals surface area contributed by atoms with Gasteiger partial charge in [0, 0.05) is 0 Å². The average molecular weight is 993 g/mol. The van der Waals surface area contributed by atoms with Crippen LogP contribution in [0.1, 0.15) is 76.0 Å². The summed E-state index contributed by atoms with van der Waals surface area (Å²) in [6, 6.07) is 24.5. The number of carboxylic acid groups (broad SMARTS) is 1. The molecule has 3 rings (SSSR count). The van der Waals surface area contributed by atoms with Crippen molar-refractivity contribution in [1.29, 1.82) is 0 Å². The molecule has 13 nitrogen and oxygen atoms in total. The van der Waals surface area contributed by atoms with E-state index in [0.29, 0.717) is 16.7 Å². The van der Waals surface area contributed by atoms with Gasteiger partial charge >= 0.3 is 30.6 Å². The van der Waals surface area contributed by atoms with E-state index in [1.807, 2.05) is 5.43 Å². The third-order valence-corrected chi connectivity index (χ3v) is 9.35. The first kappa shape index (κ1) is 60.8. The SMILES string of the molecule is C=CCC[C@@](OCc1ccccc1)(C(=O)NN)C(F)(F)F.C=CCC[C@@](OCc1ccccc1)(C(=O)NNC(=O)OC(C)(C)C)C(F)(F)F.C=CCC[C@@](OCc1ccccc1)(C(=O)O)C(F)(F)F. The Kier molecular flexibility index (Phi) is 24.4. The van der Waals surface area contributed by atoms with Crippen LogP contribution >= 0.6 is 0 Å². The maximum atomic E-state index is 13.9. The van der Waals surface area contributed by atoms with Gasteiger partial charge in [0.25, 0.3) is 17.4 Å². The molecule has 0 aliphatic heterocycles. The fourth-order valence-corrected chi connectivity index (χ4v) is 5.68. The largest absolute Gasteiger partial charge is 0.479 e. The van der Waals surface area contributed by atoms with Gasteiger partial charge in [-0.25, -0.2) is 20.9 Å². The van der Waals surface area contributed by atoms with Crippen molar-refractivity contribution in [3.05, 3.63) is 146 Å². The lowest BCUT2D eigenvalue weighted by Crippen LogP contribution is -2.62. The summed E-state index contributed by atoms with van der Waals surface area (Å²) < 4.78 is 141. The second-order valence-corrected chi connectivity index (χ2v) is 15.6. The fourth-order valence-electron chi connectivity index (χ4n) is 5.68. The molecule has 0 aromatic heterocycles. The van der Waals surface area contributed by atoms with Crippen LogP contribution in [0.5, 0.6) is 0 Å². The van der Waals surface area contributed by atoms with Crippen LogP contribution in [0.3, 0.4) is 0 Å². The van der Waals surface area contributed by atoms with Crippen LogP contribution in [-0.2, 0) is 53.2 Å². The molecule has 3 amide bonds. The highest BCUT2D eigenvalue weighted by atomic mass is 19.4. The second-order valence-electron chi connectivity index (χ2n) is 15.6. The number of carbonyl (C=O) groups is 4. The topological polar surface area (TPSA) is 188 Å². The Hall–Kier alpha value is -6.23. The number of benzene rings is 3. The van der Waals surface area contributed by atoms with Crippen LogP contribution in [-0.4, -0.2) is 69.9 Å². The van der Waals surface area contributed by atoms with E-state index in [1.165, 1.54) is 23.7 Å². The summed E-state index contributed by atoms with van der Waals surface area (Å²) in [6.45, 7) is 13.5. The summed E-state index contributed by atoms with van der Waals surface area (Å²) >= 11 is 0. The zero-order chi connectivity index (χ0) is 52.6. The molecule has 0 radical (unpaired) electrons. The van der Waals surface area contributed by atoms with E-state index in [-0.39, 0.29) is 25.9 Å². The second kappa shape index (κ2) is 27.7. The van der Waals surface area contributed by atoms with Gasteiger partial charge in [0.05, 0.1) is 19.8 Å². The predicted molar refractivity (Wildman–Crippen MR) is 236 cm³/mol. The van der Waals surface area contributed by atoms with Crippen LogP contribution in [0.4, 0.5) is 44.3 Å². The Bertz CT molecular complexity index is 2070. The van der Waals surface area contributed by atoms with Crippen LogP contribution in [0, 0.1) is 0 Å². The minimum absolute atomic E-state index is 0.0400. The summed E-state index contributed by atoms with van der Waals surface area (Å²) in [6.07, 6.45) is -14.5. The smallest absolute Gasteiger partial charge is 0.428 e. The summed E-state index contributed by atoms with van der Waals surface area (Å²) in [5.41, 5.74) is -3.69. The summed E-state index contributed by atoms with van der Waals surface area (Å²) in [5, 5.41) is 8.98. The lowest BCUT2D eigenvalue weighted by atomic mass is 9.95. The molecule has 3 atom stereocenters. The number of nitrogens with one attached hydrogen (secondary N) is 3. The number of aliphatic carboxylic acids is 1. The third kappa shape index (κ3) is 19.0. The fraction of sp³-hybridized carbons (Fsp3) is 0.404. The Morgan fingerprint density at radius 3 is 1.12 bits per heavy atom. The van der Waals surface area contributed by atoms with Gasteiger partial charge in [0.15, 0.2) is 0 Å². The van der Waals surface area contributed by atoms with Gasteiger partial charge in [-0.05, 0) is 76.0 Å². The molecule has 382 valence electrons. The van der Waals surface area contributed by atoms with Crippen molar-refractivity contribution in [2.75, 3.05) is 0 Å². The Labute approximate surface area is 393 Å². The number of alkyl halides is 9. The third-order valence-electron chi connectivity index (χ3n) is 9.35. The molecule has 3 aromatic rings. The van der Waals surface area contributed by atoms with Crippen LogP contribution in [0.15, 0.2) is 129 Å². The number of amides is 3. The van der Waals surface area contributed by atoms with E-state index in [4.69, 9.17) is 29.9 Å². The summed E-state index contributed by atoms with van der Waals surface area (Å²) in [5.74, 6) is -0.124. The van der Waals surface area contributed by atoms with E-state index in [9.17, 15) is 58.7 Å². The number of carboxylic acids is 1. The molecule has 0 aliphatic rings. The molecule has 3 aromatic carbocycles. The van der Waals surface area contributed by atoms with Crippen molar-refractivity contribution in [2.24, 2.45) is 5.84 Å². The highest BCUT2D eigenvalue weighted by molar-refractivity contribution is 5.88. The molecule has 0 bridgehead atoms. The van der Waals surface area contributed by atoms with Crippen molar-refractivity contribution < 1.29 is 82.7 Å². The van der Waals surface area contributed by atoms with E-state index >= 15 is 0 Å². The highest BCUT2D eigenvalue weighted by Crippen LogP contribution is 2.41. The van der Waals surface area contributed by atoms with Gasteiger partial charge in [-0.15, -0.1) is 19.7 Å². The van der Waals surface area contributed by atoms with Crippen molar-refractivity contribution >= 4 is 23.9 Å². The standard InChI is InChI=1S/C19H25F3N2O4.C14H17F3N2O2.C14H15F3O3/c1-5-6-12-18(19(20,21)22,27-13-14-10-8-7-9-11-14)15(25)23-24-16(26)28-17(2,3)4;1-2-3-9-13(12(20)19-18,14(15,16)17)21-10-11-7-5-4-6-8-11;1-2-3-9-13(12(18)19,14(15,16)17)20-10-11-7-5-4-6-8-11/h5,7-11H,1,6,12-13H2,2-4H3,(H,23,25)(H,24,26);2,4-8H,1,3,9-10,18H2,(H,19,20);2,4-8H,1,3,9-10H2,(H,18,19)/t18-;2*13-/m111/s1. The van der Waals surface area contributed by atoms with Gasteiger partial charge in [-0.3, -0.25) is 20.4 Å². The molecular weight excluding hydrogens is 936 g/mol. The normalized spacial score (nSPS) is 14.2. The molecule has 0 spiro atoms. The molecule has 69 heavy (non-hydrogen) atoms. The van der Waals surface area contributed by atoms with Gasteiger partial charge in [0.2, 0.25) is 11.2 Å². The molecule has 0 fully saturated rings. The maximum absolute atomic E-state index is 13.9. The Morgan fingerprint density at radius 1 is 0.536 bits per heavy atom. The summed E-state index contributed by atoms with van der Waals surface area (Å²) in [7, 11) is 0. The van der Waals surface area contributed by atoms with Crippen molar-refractivity contribution in [3.63, 3.8) is 0 Å². The zero-order valence-electron chi connectivity index (χ0n) is 38.1. The summed E-state index contributed by atoms with van der Waals surface area (Å²) in [4.78, 5) is 46.9. The minimum Gasteiger partial charge on any atom is -0.479 e. The van der Waals surface area contributed by atoms with E-state index in [0.717, 1.165) is 0 Å². The number of nitrogens with two attached hydrogens (primary N) is 1. The van der Waals surface area contributed by atoms with E-state index in [2.05, 4.69) is 19.7 Å². The highest BCUT2D eigenvalue weighted by Gasteiger charge is 2.63. The molecule has 0 saturated carbocycles. The molecule has 22 heteroatoms. The van der Waals surface area contributed by atoms with Crippen molar-refractivity contribution in [3.8, 4) is 0 Å². The molecule has 0 heterocycles. The lowest BCUT2D eigenvalue weighted by molar-refractivity contribution is -0.280. The first-order chi connectivity index (χ1) is 32.1. The Morgan fingerprint density at radius 2 is 0.841 bits per heavy atom. The van der Waals surface area contributed by atoms with Gasteiger partial charge < -0.3 is 24.1 Å². The first-order valence-corrected chi connectivity index (χ1v) is 20.7. The molecular formula is C47H57F9N4O9. The quantitative estimate of drug-likeness (QED) is 0.0226. The lowest BCUT2D eigenvalue weighted by Gasteiger charge is -2.34. The zero-order valence-corrected chi connectivity index (χ0v) is 38.1. The number of rotatable bonds is 21. The number of hydrogen-bond donors (Lipinski definition) is 5. The van der Waals surface area contributed by atoms with Gasteiger partial charge in [-0.1, -0.05) is 109 Å². The number of allylic oxidation sites excluding steroid dienone is 3. The van der Waals surface area contributed by atoms with Gasteiger partial charge in [0.1, 0.15) is 5.60 Å². The predicted octanol–water partition coefficient (Wildman–Crippen LogP) is 10.0. The van der Waals surface area contributed by atoms with Crippen LogP contribution < -0.4 is 22.1 Å². The number of hydrazine groups is 2. The van der Waals surface area contributed by atoms with Crippen molar-refractivity contribution in [2.45, 2.75) is 120 Å². The molecule has 6 N–H and O–H groups in total. The molecule has 0 unspecified atom stereocenters. The van der Waals surface area contributed by atoms with Crippen LogP contribution in [0.25, 0.3) is 0 Å². The number of carbonyl (C=O) groups excluding carboxylic acids is 3. The molecule has 0 aliphatic carbocycles. The van der Waals surface area contributed by atoms with Crippen molar-refractivity contribution in [1.82, 2.24) is 16.3 Å². The van der Waals surface area contributed by atoms with E-state index < -0.39 is 97.3 Å². The number of halogens is 9. The molecule has 0 saturated heterocycles. The minimum atomic E-state index is -5.04. The Balaban J connectivity index is 0.000000527. The average Bonchev–Trinajstić information content (AvgIpc) is 3.28. The maximum Gasteiger partial charge on any atom is 0.428 e. The van der Waals surface area contributed by atoms with Gasteiger partial charge in [-0.2, -0.15) is 39.5 Å². The number of hydrogen-bond acceptors (Lipinski definition) is 9. The van der Waals surface area contributed by atoms with Crippen LogP contribution in [0.2, 0.25) is 0 Å². The van der Waals surface area contributed by atoms with E-state index in [1.54, 1.807) is 117 Å². The number of ether oxygens (including phenoxy) is 4. The monoisotopic (exact) mass is 992 g/mol. The first-order valence-electron chi connectivity index (χ1n) is 20.7.